The highest BCUT2D eigenvalue weighted by molar-refractivity contribution is 7.98. The Morgan fingerprint density at radius 3 is 2.70 bits per heavy atom. The Bertz CT molecular complexity index is 716. The topological polar surface area (TPSA) is 115 Å². The van der Waals surface area contributed by atoms with Gasteiger partial charge in [0.1, 0.15) is 11.6 Å². The molecule has 0 saturated carbocycles. The summed E-state index contributed by atoms with van der Waals surface area (Å²) in [6, 6.07) is 0. The van der Waals surface area contributed by atoms with Gasteiger partial charge in [-0.15, -0.1) is 10.2 Å². The molecule has 0 aliphatic carbocycles. The van der Waals surface area contributed by atoms with Crippen LogP contribution in [0.2, 0.25) is 0 Å². The second kappa shape index (κ2) is 10.4. The lowest BCUT2D eigenvalue weighted by Gasteiger charge is -2.14. The fourth-order valence-electron chi connectivity index (χ4n) is 2.73. The number of nitrogens with zero attached hydrogens (tertiary/aromatic N) is 4. The van der Waals surface area contributed by atoms with Crippen LogP contribution in [0.25, 0.3) is 0 Å². The van der Waals surface area contributed by atoms with Gasteiger partial charge in [-0.25, -0.2) is 0 Å². The number of hydrogen-bond donors (Lipinski definition) is 2. The predicted octanol–water partition coefficient (Wildman–Crippen LogP) is 2.16. The van der Waals surface area contributed by atoms with Crippen LogP contribution < -0.4 is 5.32 Å². The molecule has 27 heavy (non-hydrogen) atoms. The fraction of sp³-hybridized carbons (Fsp3) is 0.647. The van der Waals surface area contributed by atoms with E-state index in [1.807, 2.05) is 20.9 Å². The first-order chi connectivity index (χ1) is 12.9. The van der Waals surface area contributed by atoms with Crippen LogP contribution in [0.4, 0.5) is 0 Å². The first kappa shape index (κ1) is 21.4. The molecule has 10 heteroatoms. The maximum atomic E-state index is 9.00. The Morgan fingerprint density at radius 1 is 1.41 bits per heavy atom. The average molecular weight is 398 g/mol. The Kier molecular flexibility index (Phi) is 8.26. The molecule has 1 aliphatic heterocycles. The third-order valence-electron chi connectivity index (χ3n) is 4.07. The number of aromatic nitrogens is 4. The van der Waals surface area contributed by atoms with Gasteiger partial charge in [-0.3, -0.25) is 4.79 Å². The molecule has 3 rings (SSSR count). The van der Waals surface area contributed by atoms with E-state index in [1.165, 1.54) is 0 Å². The molecule has 1 unspecified atom stereocenters. The standard InChI is InChI=1S/C15H23N5O2S.C2H4O2/c1-10-13(11(2)22-19-10)9-23-15-18-17-14(7-16-3)20(15)8-12-5-4-6-21-12;1-2(3)4/h12,16H,4-9H2,1-3H3;1H3,(H,3,4). The summed E-state index contributed by atoms with van der Waals surface area (Å²) in [5.41, 5.74) is 2.08. The number of carbonyl (C=O) groups is 1. The summed E-state index contributed by atoms with van der Waals surface area (Å²) in [4.78, 5) is 9.00. The van der Waals surface area contributed by atoms with Gasteiger partial charge in [0.15, 0.2) is 5.16 Å². The molecule has 1 fully saturated rings. The highest BCUT2D eigenvalue weighted by atomic mass is 32.2. The van der Waals surface area contributed by atoms with Crippen molar-refractivity contribution in [2.24, 2.45) is 0 Å². The molecule has 0 bridgehead atoms. The van der Waals surface area contributed by atoms with Crippen molar-refractivity contribution in [3.63, 3.8) is 0 Å². The third-order valence-corrected chi connectivity index (χ3v) is 5.06. The Labute approximate surface area is 162 Å². The van der Waals surface area contributed by atoms with Crippen molar-refractivity contribution >= 4 is 17.7 Å². The molecule has 0 radical (unpaired) electrons. The molecule has 9 nitrogen and oxygen atoms in total. The van der Waals surface area contributed by atoms with Gasteiger partial charge < -0.3 is 24.3 Å². The summed E-state index contributed by atoms with van der Waals surface area (Å²) in [6.07, 6.45) is 2.50. The zero-order valence-corrected chi connectivity index (χ0v) is 17.0. The molecule has 2 N–H and O–H groups in total. The first-order valence-corrected chi connectivity index (χ1v) is 9.83. The molecule has 150 valence electrons. The van der Waals surface area contributed by atoms with Crippen molar-refractivity contribution in [3.8, 4) is 0 Å². The van der Waals surface area contributed by atoms with Crippen LogP contribution in [0.1, 0.15) is 42.6 Å². The van der Waals surface area contributed by atoms with Crippen molar-refractivity contribution in [2.75, 3.05) is 13.7 Å². The van der Waals surface area contributed by atoms with Gasteiger partial charge in [0, 0.05) is 24.8 Å². The van der Waals surface area contributed by atoms with Crippen molar-refractivity contribution in [1.82, 2.24) is 25.2 Å². The molecule has 1 saturated heterocycles. The lowest BCUT2D eigenvalue weighted by Crippen LogP contribution is -2.20. The highest BCUT2D eigenvalue weighted by Gasteiger charge is 2.21. The molecule has 2 aromatic rings. The van der Waals surface area contributed by atoms with Gasteiger partial charge in [0.25, 0.3) is 5.97 Å². The minimum Gasteiger partial charge on any atom is -0.481 e. The summed E-state index contributed by atoms with van der Waals surface area (Å²) in [7, 11) is 1.92. The van der Waals surface area contributed by atoms with Crippen molar-refractivity contribution < 1.29 is 19.2 Å². The quantitative estimate of drug-likeness (QED) is 0.678. The molecule has 1 aliphatic rings. The fourth-order valence-corrected chi connectivity index (χ4v) is 3.85. The van der Waals surface area contributed by atoms with Crippen LogP contribution in [-0.2, 0) is 28.4 Å². The highest BCUT2D eigenvalue weighted by Crippen LogP contribution is 2.26. The maximum absolute atomic E-state index is 9.00. The summed E-state index contributed by atoms with van der Waals surface area (Å²) in [5, 5.41) is 24.2. The van der Waals surface area contributed by atoms with Crippen LogP contribution >= 0.6 is 11.8 Å². The number of aryl methyl sites for hydroxylation is 2. The molecule has 0 amide bonds. The van der Waals surface area contributed by atoms with Gasteiger partial charge in [-0.1, -0.05) is 16.9 Å². The number of aliphatic carboxylic acids is 1. The van der Waals surface area contributed by atoms with Gasteiger partial charge in [-0.05, 0) is 33.7 Å². The SMILES string of the molecule is CC(=O)O.CNCc1nnc(SCc2c(C)noc2C)n1CC1CCCO1. The number of carboxylic acids is 1. The first-order valence-electron chi connectivity index (χ1n) is 8.84. The van der Waals surface area contributed by atoms with E-state index in [0.717, 1.165) is 66.7 Å². The van der Waals surface area contributed by atoms with Crippen LogP contribution in [0.5, 0.6) is 0 Å². The van der Waals surface area contributed by atoms with Gasteiger partial charge >= 0.3 is 0 Å². The summed E-state index contributed by atoms with van der Waals surface area (Å²) in [5.74, 6) is 1.77. The van der Waals surface area contributed by atoms with E-state index in [4.69, 9.17) is 19.2 Å². The molecular formula is C17H27N5O4S. The van der Waals surface area contributed by atoms with E-state index < -0.39 is 5.97 Å². The van der Waals surface area contributed by atoms with Crippen molar-refractivity contribution in [1.29, 1.82) is 0 Å². The predicted molar refractivity (Wildman–Crippen MR) is 101 cm³/mol. The molecule has 0 aromatic carbocycles. The smallest absolute Gasteiger partial charge is 0.300 e. The lowest BCUT2D eigenvalue weighted by atomic mass is 10.2. The second-order valence-electron chi connectivity index (χ2n) is 6.29. The van der Waals surface area contributed by atoms with E-state index >= 15 is 0 Å². The van der Waals surface area contributed by atoms with E-state index in [-0.39, 0.29) is 6.10 Å². The van der Waals surface area contributed by atoms with Crippen LogP contribution in [-0.4, -0.2) is 50.8 Å². The minimum atomic E-state index is -0.833. The largest absolute Gasteiger partial charge is 0.481 e. The van der Waals surface area contributed by atoms with Crippen molar-refractivity contribution in [2.45, 2.75) is 63.7 Å². The lowest BCUT2D eigenvalue weighted by molar-refractivity contribution is -0.134. The molecule has 2 aromatic heterocycles. The molecular weight excluding hydrogens is 370 g/mol. The van der Waals surface area contributed by atoms with Gasteiger partial charge in [0.05, 0.1) is 24.9 Å². The Hall–Kier alpha value is -1.91. The zero-order valence-electron chi connectivity index (χ0n) is 16.2. The van der Waals surface area contributed by atoms with Crippen molar-refractivity contribution in [3.05, 3.63) is 22.8 Å². The zero-order chi connectivity index (χ0) is 19.8. The van der Waals surface area contributed by atoms with E-state index in [2.05, 4.69) is 25.2 Å². The second-order valence-corrected chi connectivity index (χ2v) is 7.23. The molecule has 3 heterocycles. The van der Waals surface area contributed by atoms with Crippen LogP contribution in [0.15, 0.2) is 9.68 Å². The molecule has 0 spiro atoms. The number of hydrogen-bond acceptors (Lipinski definition) is 8. The third kappa shape index (κ3) is 6.33. The normalized spacial score (nSPS) is 16.2. The Balaban J connectivity index is 0.000000596. The maximum Gasteiger partial charge on any atom is 0.300 e. The van der Waals surface area contributed by atoms with Gasteiger partial charge in [-0.2, -0.15) is 0 Å². The van der Waals surface area contributed by atoms with Crippen LogP contribution in [0.3, 0.4) is 0 Å². The number of rotatable bonds is 7. The number of nitrogens with one attached hydrogen (secondary N) is 1. The number of carboxylic acid groups (broad SMARTS) is 1. The monoisotopic (exact) mass is 397 g/mol. The summed E-state index contributed by atoms with van der Waals surface area (Å²) >= 11 is 1.67. The van der Waals surface area contributed by atoms with E-state index in [9.17, 15) is 0 Å². The molecule has 1 atom stereocenters. The van der Waals surface area contributed by atoms with Gasteiger partial charge in [0.2, 0.25) is 0 Å². The Morgan fingerprint density at radius 2 is 2.15 bits per heavy atom. The minimum absolute atomic E-state index is 0.264. The summed E-state index contributed by atoms with van der Waals surface area (Å²) < 4.78 is 13.2. The number of ether oxygens (including phenoxy) is 1. The number of thioether (sulfide) groups is 1. The van der Waals surface area contributed by atoms with Crippen LogP contribution in [0, 0.1) is 13.8 Å². The van der Waals surface area contributed by atoms with E-state index in [0.29, 0.717) is 6.54 Å². The summed E-state index contributed by atoms with van der Waals surface area (Å²) in [6.45, 7) is 7.37. The van der Waals surface area contributed by atoms with E-state index in [1.54, 1.807) is 11.8 Å². The average Bonchev–Trinajstić information content (AvgIpc) is 3.31.